The molecular weight excluding hydrogens is 791 g/mol. The van der Waals surface area contributed by atoms with E-state index in [4.69, 9.17) is 15.0 Å². The molecule has 5 heteroatoms. The van der Waals surface area contributed by atoms with Gasteiger partial charge in [-0.2, -0.15) is 9.97 Å². The number of rotatable bonds is 6. The molecule has 11 aromatic rings. The van der Waals surface area contributed by atoms with Gasteiger partial charge in [0.1, 0.15) is 0 Å². The summed E-state index contributed by atoms with van der Waals surface area (Å²) in [6.07, 6.45) is 1.14. The zero-order chi connectivity index (χ0) is 44.0. The Morgan fingerprint density at radius 1 is 0.415 bits per heavy atom. The Hall–Kier alpha value is -7.63. The van der Waals surface area contributed by atoms with Gasteiger partial charge in [-0.3, -0.25) is 4.57 Å². The number of hydrogen-bond donors (Lipinski definition) is 0. The minimum Gasteiger partial charge on any atom is -0.307 e. The third-order valence-corrected chi connectivity index (χ3v) is 14.5. The first kappa shape index (κ1) is 39.0. The molecule has 0 bridgehead atoms. The summed E-state index contributed by atoms with van der Waals surface area (Å²) in [7, 11) is 0. The molecule has 65 heavy (non-hydrogen) atoms. The Bertz CT molecular complexity index is 3510. The topological polar surface area (TPSA) is 48.5 Å². The first-order chi connectivity index (χ1) is 31.7. The molecule has 0 spiro atoms. The van der Waals surface area contributed by atoms with Crippen molar-refractivity contribution in [3.63, 3.8) is 0 Å². The van der Waals surface area contributed by atoms with E-state index < -0.39 is 0 Å². The zero-order valence-corrected chi connectivity index (χ0v) is 37.4. The zero-order valence-electron chi connectivity index (χ0n) is 37.4. The number of para-hydroxylation sites is 2. The number of nitrogens with zero attached hydrogens (tertiary/aromatic N) is 5. The van der Waals surface area contributed by atoms with Crippen LogP contribution in [0.2, 0.25) is 0 Å². The quantitative estimate of drug-likeness (QED) is 0.168. The molecule has 0 aliphatic heterocycles. The van der Waals surface area contributed by atoms with Crippen LogP contribution in [-0.2, 0) is 10.8 Å². The summed E-state index contributed by atoms with van der Waals surface area (Å²) >= 11 is 0. The van der Waals surface area contributed by atoms with Crippen molar-refractivity contribution < 1.29 is 0 Å². The Morgan fingerprint density at radius 3 is 1.40 bits per heavy atom. The molecule has 0 N–H and O–H groups in total. The van der Waals surface area contributed by atoms with Crippen LogP contribution in [0.5, 0.6) is 0 Å². The molecule has 0 radical (unpaired) electrons. The van der Waals surface area contributed by atoms with Crippen LogP contribution in [0.4, 0.5) is 0 Å². The van der Waals surface area contributed by atoms with Gasteiger partial charge in [0.25, 0.3) is 0 Å². The molecule has 314 valence electrons. The molecule has 5 nitrogen and oxygen atoms in total. The molecular formula is C60H49N5. The minimum absolute atomic E-state index is 0.0273. The average Bonchev–Trinajstić information content (AvgIpc) is 3.87. The van der Waals surface area contributed by atoms with E-state index in [9.17, 15) is 0 Å². The van der Waals surface area contributed by atoms with E-state index in [0.29, 0.717) is 23.5 Å². The molecule has 0 saturated carbocycles. The molecule has 1 aliphatic rings. The Kier molecular flexibility index (Phi) is 8.83. The SMILES string of the molecule is CC1CC(C)(C)c2cccc(-n3c4ccccc4c4ccc5c6ccccc6n(-c6nc(-c7ccc(-c8ccccc8)cc7)nc(-c7ccc(-c8ccccc8)cc7)n6)c5c43)c2C1(C)C. The number of hydrogen-bond acceptors (Lipinski definition) is 3. The maximum atomic E-state index is 5.46. The van der Waals surface area contributed by atoms with Crippen LogP contribution in [0.15, 0.2) is 188 Å². The lowest BCUT2D eigenvalue weighted by molar-refractivity contribution is 0.233. The van der Waals surface area contributed by atoms with Crippen LogP contribution in [0, 0.1) is 5.92 Å². The number of fused-ring (bicyclic) bond motifs is 8. The van der Waals surface area contributed by atoms with Crippen molar-refractivity contribution in [2.45, 2.75) is 51.9 Å². The van der Waals surface area contributed by atoms with Gasteiger partial charge in [0.2, 0.25) is 5.95 Å². The van der Waals surface area contributed by atoms with Gasteiger partial charge in [-0.05, 0) is 74.7 Å². The molecule has 0 saturated heterocycles. The van der Waals surface area contributed by atoms with Crippen LogP contribution in [0.25, 0.3) is 100 Å². The molecule has 3 aromatic heterocycles. The van der Waals surface area contributed by atoms with Crippen LogP contribution in [0.3, 0.4) is 0 Å². The second-order valence-corrected chi connectivity index (χ2v) is 19.1. The van der Waals surface area contributed by atoms with Crippen molar-refractivity contribution >= 4 is 43.6 Å². The molecule has 12 rings (SSSR count). The lowest BCUT2D eigenvalue weighted by Gasteiger charge is -2.47. The lowest BCUT2D eigenvalue weighted by atomic mass is 9.58. The van der Waals surface area contributed by atoms with Crippen molar-refractivity contribution in [2.24, 2.45) is 5.92 Å². The third-order valence-electron chi connectivity index (χ3n) is 14.5. The van der Waals surface area contributed by atoms with Crippen molar-refractivity contribution in [1.82, 2.24) is 24.1 Å². The molecule has 1 unspecified atom stereocenters. The highest BCUT2D eigenvalue weighted by Gasteiger charge is 2.44. The van der Waals surface area contributed by atoms with Gasteiger partial charge in [-0.15, -0.1) is 0 Å². The van der Waals surface area contributed by atoms with Crippen LogP contribution in [0.1, 0.15) is 52.2 Å². The van der Waals surface area contributed by atoms with Crippen molar-refractivity contribution in [3.8, 4) is 56.7 Å². The van der Waals surface area contributed by atoms with Gasteiger partial charge in [0.05, 0.1) is 27.8 Å². The lowest BCUT2D eigenvalue weighted by Crippen LogP contribution is -2.41. The highest BCUT2D eigenvalue weighted by atomic mass is 15.2. The molecule has 8 aromatic carbocycles. The smallest absolute Gasteiger partial charge is 0.238 e. The van der Waals surface area contributed by atoms with Gasteiger partial charge in [-0.1, -0.05) is 204 Å². The van der Waals surface area contributed by atoms with E-state index in [1.54, 1.807) is 0 Å². The van der Waals surface area contributed by atoms with Crippen LogP contribution in [-0.4, -0.2) is 24.1 Å². The standard InChI is InChI=1S/C60H49N5/c1-38-37-59(2,3)49-23-16-26-52(53(49)60(38,4)5)64-50-24-14-12-21-45(50)47-35-36-48-46-22-13-15-25-51(46)65(55(48)54(47)64)58-62-56(43-31-27-41(28-32-43)39-17-8-6-9-18-39)61-57(63-58)44-33-29-42(30-34-44)40-19-10-7-11-20-40/h6-36,38H,37H2,1-5H3. The maximum Gasteiger partial charge on any atom is 0.238 e. The van der Waals surface area contributed by atoms with E-state index in [-0.39, 0.29) is 10.8 Å². The minimum atomic E-state index is -0.0656. The summed E-state index contributed by atoms with van der Waals surface area (Å²) in [5, 5.41) is 4.71. The molecule has 0 fully saturated rings. The van der Waals surface area contributed by atoms with Crippen LogP contribution < -0.4 is 0 Å². The van der Waals surface area contributed by atoms with Crippen molar-refractivity contribution in [3.05, 3.63) is 199 Å². The van der Waals surface area contributed by atoms with Gasteiger partial charge in [0.15, 0.2) is 11.6 Å². The van der Waals surface area contributed by atoms with E-state index in [1.165, 1.54) is 44.2 Å². The summed E-state index contributed by atoms with van der Waals surface area (Å²) in [6.45, 7) is 12.2. The maximum absolute atomic E-state index is 5.46. The predicted molar refractivity (Wildman–Crippen MR) is 270 cm³/mol. The highest BCUT2D eigenvalue weighted by molar-refractivity contribution is 6.23. The monoisotopic (exact) mass is 839 g/mol. The van der Waals surface area contributed by atoms with E-state index in [2.05, 4.69) is 232 Å². The van der Waals surface area contributed by atoms with E-state index in [0.717, 1.165) is 56.0 Å². The summed E-state index contributed by atoms with van der Waals surface area (Å²) in [5.74, 6) is 2.29. The number of aromatic nitrogens is 5. The van der Waals surface area contributed by atoms with E-state index >= 15 is 0 Å². The largest absolute Gasteiger partial charge is 0.307 e. The first-order valence-corrected chi connectivity index (χ1v) is 22.8. The van der Waals surface area contributed by atoms with Gasteiger partial charge < -0.3 is 4.57 Å². The fourth-order valence-electron chi connectivity index (χ4n) is 10.9. The molecule has 1 aliphatic carbocycles. The second-order valence-electron chi connectivity index (χ2n) is 19.1. The fraction of sp³-hybridized carbons (Fsp3) is 0.150. The Morgan fingerprint density at radius 2 is 0.862 bits per heavy atom. The Labute approximate surface area is 379 Å². The first-order valence-electron chi connectivity index (χ1n) is 22.8. The van der Waals surface area contributed by atoms with Crippen molar-refractivity contribution in [1.29, 1.82) is 0 Å². The third kappa shape index (κ3) is 6.17. The van der Waals surface area contributed by atoms with Crippen LogP contribution >= 0.6 is 0 Å². The molecule has 1 atom stereocenters. The summed E-state index contributed by atoms with van der Waals surface area (Å²) in [6, 6.07) is 67.4. The van der Waals surface area contributed by atoms with Crippen molar-refractivity contribution in [2.75, 3.05) is 0 Å². The average molecular weight is 840 g/mol. The Balaban J connectivity index is 1.17. The van der Waals surface area contributed by atoms with Gasteiger partial charge >= 0.3 is 0 Å². The van der Waals surface area contributed by atoms with Gasteiger partial charge in [0, 0.05) is 32.7 Å². The normalized spacial score (nSPS) is 15.5. The second kappa shape index (κ2) is 14.7. The summed E-state index contributed by atoms with van der Waals surface area (Å²) in [5.41, 5.74) is 14.9. The van der Waals surface area contributed by atoms with Gasteiger partial charge in [-0.25, -0.2) is 4.98 Å². The summed E-state index contributed by atoms with van der Waals surface area (Å²) in [4.78, 5) is 16.2. The molecule has 0 amide bonds. The van der Waals surface area contributed by atoms with E-state index in [1.807, 2.05) is 0 Å². The number of benzene rings is 8. The predicted octanol–water partition coefficient (Wildman–Crippen LogP) is 15.3. The molecule has 3 heterocycles. The summed E-state index contributed by atoms with van der Waals surface area (Å²) < 4.78 is 4.87. The highest BCUT2D eigenvalue weighted by Crippen LogP contribution is 2.52. The fourth-order valence-corrected chi connectivity index (χ4v) is 10.9.